The molecule has 1 aromatic heterocycles. The lowest BCUT2D eigenvalue weighted by molar-refractivity contribution is -0.274. The number of alkyl halides is 6. The summed E-state index contributed by atoms with van der Waals surface area (Å²) in [6, 6.07) is 12.4. The summed E-state index contributed by atoms with van der Waals surface area (Å²) in [5.41, 5.74) is 1.02. The molecule has 36 heavy (non-hydrogen) atoms. The first-order chi connectivity index (χ1) is 16.9. The van der Waals surface area contributed by atoms with Gasteiger partial charge in [0.2, 0.25) is 0 Å². The Morgan fingerprint density at radius 2 is 1.56 bits per heavy atom. The van der Waals surface area contributed by atoms with Crippen LogP contribution in [0.4, 0.5) is 32.0 Å². The lowest BCUT2D eigenvalue weighted by atomic mass is 10.0. The van der Waals surface area contributed by atoms with E-state index in [-0.39, 0.29) is 24.3 Å². The molecule has 1 aliphatic rings. The van der Waals surface area contributed by atoms with Gasteiger partial charge in [0.1, 0.15) is 5.75 Å². The summed E-state index contributed by atoms with van der Waals surface area (Å²) in [6.45, 7) is -1.14. The van der Waals surface area contributed by atoms with E-state index in [4.69, 9.17) is 0 Å². The zero-order chi connectivity index (χ0) is 26.1. The molecule has 0 saturated carbocycles. The van der Waals surface area contributed by atoms with Crippen molar-refractivity contribution in [3.8, 4) is 16.9 Å². The second-order valence-electron chi connectivity index (χ2n) is 7.80. The van der Waals surface area contributed by atoms with Crippen molar-refractivity contribution in [2.75, 3.05) is 18.0 Å². The highest BCUT2D eigenvalue weighted by molar-refractivity contribution is 6.00. The van der Waals surface area contributed by atoms with E-state index < -0.39 is 42.2 Å². The maximum absolute atomic E-state index is 13.3. The largest absolute Gasteiger partial charge is 0.573 e. The summed E-state index contributed by atoms with van der Waals surface area (Å²) >= 11 is 0. The van der Waals surface area contributed by atoms with Crippen LogP contribution >= 0.6 is 0 Å². The van der Waals surface area contributed by atoms with Crippen LogP contribution in [0.5, 0.6) is 5.75 Å². The van der Waals surface area contributed by atoms with Gasteiger partial charge >= 0.3 is 18.4 Å². The Bertz CT molecular complexity index is 1280. The van der Waals surface area contributed by atoms with Crippen LogP contribution in [0.2, 0.25) is 0 Å². The van der Waals surface area contributed by atoms with E-state index >= 15 is 0 Å². The fourth-order valence-electron chi connectivity index (χ4n) is 3.89. The molecule has 4 rings (SSSR count). The summed E-state index contributed by atoms with van der Waals surface area (Å²) in [6.07, 6.45) is -7.19. The molecule has 0 unspecified atom stereocenters. The van der Waals surface area contributed by atoms with Gasteiger partial charge in [-0.3, -0.25) is 14.6 Å². The third-order valence-electron chi connectivity index (χ3n) is 5.46. The maximum atomic E-state index is 13.3. The molecular formula is C24H17F6N3O3. The monoisotopic (exact) mass is 509 g/mol. The van der Waals surface area contributed by atoms with Crippen LogP contribution in [0.1, 0.15) is 15.9 Å². The summed E-state index contributed by atoms with van der Waals surface area (Å²) < 4.78 is 82.5. The van der Waals surface area contributed by atoms with E-state index in [1.54, 1.807) is 12.1 Å². The first-order valence-electron chi connectivity index (χ1n) is 10.5. The number of rotatable bonds is 3. The van der Waals surface area contributed by atoms with Crippen molar-refractivity contribution in [3.63, 3.8) is 0 Å². The number of aromatic nitrogens is 1. The molecule has 0 atom stereocenters. The summed E-state index contributed by atoms with van der Waals surface area (Å²) in [5.74, 6) is -3.75. The van der Waals surface area contributed by atoms with E-state index in [1.165, 1.54) is 42.7 Å². The quantitative estimate of drug-likeness (QED) is 0.456. The van der Waals surface area contributed by atoms with Gasteiger partial charge in [0.05, 0.1) is 5.56 Å². The molecule has 2 amide bonds. The second-order valence-corrected chi connectivity index (χ2v) is 7.80. The molecule has 1 aliphatic heterocycles. The molecule has 0 N–H and O–H groups in total. The molecular weight excluding hydrogens is 492 g/mol. The third-order valence-corrected chi connectivity index (χ3v) is 5.46. The molecule has 2 heterocycles. The molecule has 3 aromatic rings. The summed E-state index contributed by atoms with van der Waals surface area (Å²) in [7, 11) is 0. The molecule has 0 radical (unpaired) electrons. The molecule has 0 aliphatic carbocycles. The first-order valence-corrected chi connectivity index (χ1v) is 10.5. The molecule has 0 bridgehead atoms. The molecule has 0 spiro atoms. The number of anilines is 1. The fourth-order valence-corrected chi connectivity index (χ4v) is 3.89. The molecule has 2 aromatic carbocycles. The van der Waals surface area contributed by atoms with Gasteiger partial charge in [0.25, 0.3) is 5.91 Å². The third kappa shape index (κ3) is 5.42. The SMILES string of the molecule is O=C(c1ccccc1OC(F)(F)F)N1CCN(C(=O)C(F)(F)F)c2ccc(-c3ccncc3)cc2C1. The Morgan fingerprint density at radius 1 is 0.861 bits per heavy atom. The van der Waals surface area contributed by atoms with Crippen molar-refractivity contribution >= 4 is 17.5 Å². The zero-order valence-electron chi connectivity index (χ0n) is 18.3. The van der Waals surface area contributed by atoms with Crippen LogP contribution in [-0.2, 0) is 11.3 Å². The van der Waals surface area contributed by atoms with Gasteiger partial charge in [-0.2, -0.15) is 13.2 Å². The number of hydrogen-bond acceptors (Lipinski definition) is 4. The van der Waals surface area contributed by atoms with Gasteiger partial charge in [0, 0.05) is 37.7 Å². The summed E-state index contributed by atoms with van der Waals surface area (Å²) in [4.78, 5) is 31.0. The van der Waals surface area contributed by atoms with Crippen molar-refractivity contribution in [1.29, 1.82) is 0 Å². The number of carbonyl (C=O) groups is 2. The average molecular weight is 509 g/mol. The second kappa shape index (κ2) is 9.51. The average Bonchev–Trinajstić information content (AvgIpc) is 3.01. The number of hydrogen-bond donors (Lipinski definition) is 0. The summed E-state index contributed by atoms with van der Waals surface area (Å²) in [5, 5.41) is 0. The predicted octanol–water partition coefficient (Wildman–Crippen LogP) is 5.20. The normalized spacial score (nSPS) is 14.2. The van der Waals surface area contributed by atoms with Gasteiger partial charge in [-0.25, -0.2) is 0 Å². The van der Waals surface area contributed by atoms with Crippen molar-refractivity contribution in [2.24, 2.45) is 0 Å². The number of pyridine rings is 1. The number of para-hydroxylation sites is 1. The van der Waals surface area contributed by atoms with E-state index in [9.17, 15) is 35.9 Å². The van der Waals surface area contributed by atoms with Crippen LogP contribution in [0.3, 0.4) is 0 Å². The van der Waals surface area contributed by atoms with Gasteiger partial charge in [-0.05, 0) is 53.1 Å². The number of halogens is 6. The van der Waals surface area contributed by atoms with Crippen LogP contribution in [0.25, 0.3) is 11.1 Å². The Balaban J connectivity index is 1.75. The topological polar surface area (TPSA) is 62.7 Å². The van der Waals surface area contributed by atoms with Gasteiger partial charge in [0.15, 0.2) is 0 Å². The zero-order valence-corrected chi connectivity index (χ0v) is 18.3. The molecule has 12 heteroatoms. The highest BCUT2D eigenvalue weighted by Crippen LogP contribution is 2.34. The van der Waals surface area contributed by atoms with Crippen LogP contribution in [-0.4, -0.2) is 47.3 Å². The van der Waals surface area contributed by atoms with E-state index in [1.807, 2.05) is 0 Å². The van der Waals surface area contributed by atoms with Gasteiger partial charge < -0.3 is 14.5 Å². The van der Waals surface area contributed by atoms with E-state index in [0.717, 1.165) is 17.0 Å². The van der Waals surface area contributed by atoms with E-state index in [0.29, 0.717) is 16.0 Å². The lowest BCUT2D eigenvalue weighted by Gasteiger charge is -2.24. The molecule has 0 fully saturated rings. The standard InChI is InChI=1S/C24H17F6N3O3/c25-23(26,27)22(35)33-12-11-32(21(34)18-3-1-2-4-20(18)36-24(28,29)30)14-17-13-16(5-6-19(17)33)15-7-9-31-10-8-15/h1-10,13H,11-12,14H2. The Labute approximate surface area is 200 Å². The maximum Gasteiger partial charge on any atom is 0.573 e. The number of ether oxygens (including phenoxy) is 1. The number of carbonyl (C=O) groups excluding carboxylic acids is 2. The minimum absolute atomic E-state index is 0.0507. The fraction of sp³-hybridized carbons (Fsp3) is 0.208. The number of amides is 2. The smallest absolute Gasteiger partial charge is 0.405 e. The minimum Gasteiger partial charge on any atom is -0.405 e. The minimum atomic E-state index is -5.17. The number of nitrogens with zero attached hydrogens (tertiary/aromatic N) is 3. The Kier molecular flexibility index (Phi) is 6.61. The number of benzene rings is 2. The molecule has 6 nitrogen and oxygen atoms in total. The van der Waals surface area contributed by atoms with Gasteiger partial charge in [-0.15, -0.1) is 13.2 Å². The lowest BCUT2D eigenvalue weighted by Crippen LogP contribution is -2.44. The predicted molar refractivity (Wildman–Crippen MR) is 116 cm³/mol. The van der Waals surface area contributed by atoms with Crippen molar-refractivity contribution in [1.82, 2.24) is 9.88 Å². The van der Waals surface area contributed by atoms with Crippen molar-refractivity contribution in [3.05, 3.63) is 78.1 Å². The van der Waals surface area contributed by atoms with Gasteiger partial charge in [-0.1, -0.05) is 18.2 Å². The van der Waals surface area contributed by atoms with Crippen molar-refractivity contribution < 1.29 is 40.7 Å². The molecule has 188 valence electrons. The van der Waals surface area contributed by atoms with Crippen LogP contribution in [0, 0.1) is 0 Å². The highest BCUT2D eigenvalue weighted by atomic mass is 19.4. The Hall–Kier alpha value is -4.09. The number of fused-ring (bicyclic) bond motifs is 1. The highest BCUT2D eigenvalue weighted by Gasteiger charge is 2.44. The van der Waals surface area contributed by atoms with Crippen LogP contribution < -0.4 is 9.64 Å². The van der Waals surface area contributed by atoms with Crippen molar-refractivity contribution in [2.45, 2.75) is 19.1 Å². The first kappa shape index (κ1) is 25.0. The molecule has 0 saturated heterocycles. The van der Waals surface area contributed by atoms with Crippen LogP contribution in [0.15, 0.2) is 67.0 Å². The Morgan fingerprint density at radius 3 is 2.22 bits per heavy atom. The van der Waals surface area contributed by atoms with E-state index in [2.05, 4.69) is 9.72 Å².